The number of hydroxylamine groups is 1. The van der Waals surface area contributed by atoms with Gasteiger partial charge in [0.2, 0.25) is 0 Å². The van der Waals surface area contributed by atoms with Crippen LogP contribution in [0.2, 0.25) is 0 Å². The summed E-state index contributed by atoms with van der Waals surface area (Å²) in [4.78, 5) is 24.5. The molecule has 0 atom stereocenters. The standard InChI is InChI=1S/C7H13F3N4O5S/c1-14(2)20(17,18)12-4-3-11-6(16)13-19-5(15)7(8,9)10/h12H,3-4H2,1-2H3,(H2,11,13,16). The van der Waals surface area contributed by atoms with Gasteiger partial charge in [0, 0.05) is 27.2 Å². The Balaban J connectivity index is 3.89. The predicted molar refractivity (Wildman–Crippen MR) is 59.3 cm³/mol. The van der Waals surface area contributed by atoms with E-state index in [0.717, 1.165) is 4.31 Å². The smallest absolute Gasteiger partial charge is 0.334 e. The molecule has 0 spiro atoms. The summed E-state index contributed by atoms with van der Waals surface area (Å²) in [5, 5.41) is 1.96. The molecule has 0 aromatic carbocycles. The number of carbonyl (C=O) groups excluding carboxylic acids is 2. The van der Waals surface area contributed by atoms with E-state index < -0.39 is 28.4 Å². The molecule has 0 aromatic rings. The van der Waals surface area contributed by atoms with E-state index in [-0.39, 0.29) is 13.1 Å². The van der Waals surface area contributed by atoms with Crippen molar-refractivity contribution in [2.45, 2.75) is 6.18 Å². The van der Waals surface area contributed by atoms with Gasteiger partial charge in [-0.25, -0.2) is 14.3 Å². The Bertz CT molecular complexity index is 450. The summed E-state index contributed by atoms with van der Waals surface area (Å²) in [6.45, 7) is -0.441. The van der Waals surface area contributed by atoms with Gasteiger partial charge < -0.3 is 10.2 Å². The fraction of sp³-hybridized carbons (Fsp3) is 0.714. The Labute approximate surface area is 112 Å². The summed E-state index contributed by atoms with van der Waals surface area (Å²) in [5.74, 6) is -2.58. The van der Waals surface area contributed by atoms with E-state index in [1.165, 1.54) is 19.6 Å². The van der Waals surface area contributed by atoms with Crippen molar-refractivity contribution in [3.05, 3.63) is 0 Å². The van der Waals surface area contributed by atoms with Crippen LogP contribution in [0, 0.1) is 0 Å². The molecule has 0 unspecified atom stereocenters. The molecule has 0 rings (SSSR count). The van der Waals surface area contributed by atoms with Gasteiger partial charge in [-0.05, 0) is 0 Å². The molecule has 0 saturated heterocycles. The number of amides is 2. The van der Waals surface area contributed by atoms with Crippen LogP contribution in [0.4, 0.5) is 18.0 Å². The Morgan fingerprint density at radius 1 is 1.20 bits per heavy atom. The van der Waals surface area contributed by atoms with Crippen LogP contribution >= 0.6 is 0 Å². The zero-order valence-electron chi connectivity index (χ0n) is 10.4. The van der Waals surface area contributed by atoms with Crippen LogP contribution in [0.1, 0.15) is 0 Å². The molecule has 0 bridgehead atoms. The number of carbonyl (C=O) groups is 2. The molecule has 3 N–H and O–H groups in total. The van der Waals surface area contributed by atoms with Crippen LogP contribution in [-0.4, -0.2) is 58.1 Å². The lowest BCUT2D eigenvalue weighted by molar-refractivity contribution is -0.204. The lowest BCUT2D eigenvalue weighted by Crippen LogP contribution is -2.44. The number of hydrogen-bond donors (Lipinski definition) is 3. The summed E-state index contributed by atoms with van der Waals surface area (Å²) in [7, 11) is -1.11. The molecule has 0 aromatic heterocycles. The number of urea groups is 1. The second-order valence-electron chi connectivity index (χ2n) is 3.43. The predicted octanol–water partition coefficient (Wildman–Crippen LogP) is -1.30. The quantitative estimate of drug-likeness (QED) is 0.430. The second-order valence-corrected chi connectivity index (χ2v) is 5.40. The third kappa shape index (κ3) is 7.10. The monoisotopic (exact) mass is 322 g/mol. The molecule has 9 nitrogen and oxygen atoms in total. The average molecular weight is 322 g/mol. The van der Waals surface area contributed by atoms with Crippen LogP contribution in [0.15, 0.2) is 0 Å². The van der Waals surface area contributed by atoms with Crippen molar-refractivity contribution in [2.24, 2.45) is 0 Å². The van der Waals surface area contributed by atoms with E-state index in [1.54, 1.807) is 0 Å². The van der Waals surface area contributed by atoms with E-state index in [1.807, 2.05) is 5.32 Å². The van der Waals surface area contributed by atoms with Crippen molar-refractivity contribution >= 4 is 22.2 Å². The number of hydrogen-bond acceptors (Lipinski definition) is 5. The molecule has 2 amide bonds. The summed E-state index contributed by atoms with van der Waals surface area (Å²) in [6, 6.07) is -1.23. The second kappa shape index (κ2) is 7.25. The molecule has 0 aliphatic rings. The highest BCUT2D eigenvalue weighted by Crippen LogP contribution is 2.15. The zero-order valence-corrected chi connectivity index (χ0v) is 11.3. The first-order valence-electron chi connectivity index (χ1n) is 4.96. The molecule has 0 aliphatic carbocycles. The molecule has 118 valence electrons. The van der Waals surface area contributed by atoms with Gasteiger partial charge >= 0.3 is 18.2 Å². The Morgan fingerprint density at radius 2 is 1.75 bits per heavy atom. The minimum Gasteiger partial charge on any atom is -0.334 e. The Kier molecular flexibility index (Phi) is 6.67. The molecule has 20 heavy (non-hydrogen) atoms. The van der Waals surface area contributed by atoms with Gasteiger partial charge in [0.1, 0.15) is 0 Å². The van der Waals surface area contributed by atoms with Crippen LogP contribution in [0.5, 0.6) is 0 Å². The highest BCUT2D eigenvalue weighted by molar-refractivity contribution is 7.87. The SMILES string of the molecule is CN(C)S(=O)(=O)NCCNC(=O)NOC(=O)C(F)(F)F. The number of halogens is 3. The van der Waals surface area contributed by atoms with Crippen LogP contribution in [-0.2, 0) is 19.8 Å². The normalized spacial score (nSPS) is 12.1. The molecule has 0 fully saturated rings. The minimum absolute atomic E-state index is 0.207. The van der Waals surface area contributed by atoms with E-state index in [2.05, 4.69) is 9.56 Å². The highest BCUT2D eigenvalue weighted by Gasteiger charge is 2.41. The third-order valence-electron chi connectivity index (χ3n) is 1.64. The number of nitrogens with one attached hydrogen (secondary N) is 3. The lowest BCUT2D eigenvalue weighted by Gasteiger charge is -2.12. The molecule has 0 heterocycles. The van der Waals surface area contributed by atoms with Crippen LogP contribution in [0.3, 0.4) is 0 Å². The van der Waals surface area contributed by atoms with Crippen LogP contribution in [0.25, 0.3) is 0 Å². The Morgan fingerprint density at radius 3 is 2.20 bits per heavy atom. The fourth-order valence-corrected chi connectivity index (χ4v) is 1.29. The van der Waals surface area contributed by atoms with Gasteiger partial charge in [0.15, 0.2) is 0 Å². The number of rotatable bonds is 5. The van der Waals surface area contributed by atoms with Gasteiger partial charge in [0.05, 0.1) is 0 Å². The first-order chi connectivity index (χ1) is 8.97. The highest BCUT2D eigenvalue weighted by atomic mass is 32.2. The maximum atomic E-state index is 11.7. The van der Waals surface area contributed by atoms with Crippen molar-refractivity contribution in [1.82, 2.24) is 19.8 Å². The molecular formula is C7H13F3N4O5S. The summed E-state index contributed by atoms with van der Waals surface area (Å²) in [6.07, 6.45) is -5.23. The van der Waals surface area contributed by atoms with E-state index >= 15 is 0 Å². The molecule has 0 aliphatic heterocycles. The summed E-state index contributed by atoms with van der Waals surface area (Å²) < 4.78 is 60.4. The number of nitrogens with zero attached hydrogens (tertiary/aromatic N) is 1. The molecular weight excluding hydrogens is 309 g/mol. The zero-order chi connectivity index (χ0) is 16.0. The minimum atomic E-state index is -5.23. The summed E-state index contributed by atoms with van der Waals surface area (Å²) >= 11 is 0. The van der Waals surface area contributed by atoms with Crippen molar-refractivity contribution in [2.75, 3.05) is 27.2 Å². The van der Waals surface area contributed by atoms with Crippen LogP contribution < -0.4 is 15.5 Å². The number of alkyl halides is 3. The molecule has 0 radical (unpaired) electrons. The van der Waals surface area contributed by atoms with E-state index in [9.17, 15) is 31.2 Å². The first kappa shape index (κ1) is 18.4. The topological polar surface area (TPSA) is 117 Å². The maximum Gasteiger partial charge on any atom is 0.493 e. The van der Waals surface area contributed by atoms with E-state index in [4.69, 9.17) is 0 Å². The Hall–Kier alpha value is -1.60. The van der Waals surface area contributed by atoms with Crippen molar-refractivity contribution < 1.29 is 36.0 Å². The molecule has 0 saturated carbocycles. The van der Waals surface area contributed by atoms with Gasteiger partial charge in [0.25, 0.3) is 10.2 Å². The lowest BCUT2D eigenvalue weighted by atomic mass is 10.6. The van der Waals surface area contributed by atoms with Gasteiger partial charge in [-0.2, -0.15) is 31.4 Å². The maximum absolute atomic E-state index is 11.7. The average Bonchev–Trinajstić information content (AvgIpc) is 2.30. The molecule has 13 heteroatoms. The summed E-state index contributed by atoms with van der Waals surface area (Å²) in [5.41, 5.74) is 1.20. The third-order valence-corrected chi connectivity index (χ3v) is 3.17. The van der Waals surface area contributed by atoms with E-state index in [0.29, 0.717) is 0 Å². The fourth-order valence-electron chi connectivity index (χ4n) is 0.672. The van der Waals surface area contributed by atoms with Gasteiger partial charge in [-0.3, -0.25) is 0 Å². The largest absolute Gasteiger partial charge is 0.493 e. The van der Waals surface area contributed by atoms with Crippen molar-refractivity contribution in [3.63, 3.8) is 0 Å². The first-order valence-corrected chi connectivity index (χ1v) is 6.40. The van der Waals surface area contributed by atoms with Gasteiger partial charge in [-0.1, -0.05) is 0 Å². The van der Waals surface area contributed by atoms with Crippen molar-refractivity contribution in [1.29, 1.82) is 0 Å². The van der Waals surface area contributed by atoms with Gasteiger partial charge in [-0.15, -0.1) is 0 Å². The van der Waals surface area contributed by atoms with Crippen molar-refractivity contribution in [3.8, 4) is 0 Å².